The van der Waals surface area contributed by atoms with Crippen molar-refractivity contribution < 1.29 is 22.8 Å². The number of piperazine rings is 1. The first-order chi connectivity index (χ1) is 15.6. The summed E-state index contributed by atoms with van der Waals surface area (Å²) in [5.41, 5.74) is 0.775. The summed E-state index contributed by atoms with van der Waals surface area (Å²) >= 11 is 1.00. The molecule has 9 nitrogen and oxygen atoms in total. The number of benzene rings is 2. The lowest BCUT2D eigenvalue weighted by Gasteiger charge is -2.33. The van der Waals surface area contributed by atoms with Gasteiger partial charge in [-0.3, -0.25) is 14.4 Å². The van der Waals surface area contributed by atoms with E-state index in [4.69, 9.17) is 0 Å². The Morgan fingerprint density at radius 2 is 1.55 bits per heavy atom. The molecule has 0 saturated carbocycles. The molecule has 1 N–H and O–H groups in total. The summed E-state index contributed by atoms with van der Waals surface area (Å²) in [4.78, 5) is 40.0. The molecule has 3 amide bonds. The molecular formula is C22H26N4O5S2. The fourth-order valence-electron chi connectivity index (χ4n) is 3.21. The van der Waals surface area contributed by atoms with Crippen molar-refractivity contribution in [2.75, 3.05) is 45.6 Å². The molecule has 2 aromatic carbocycles. The Balaban J connectivity index is 1.70. The van der Waals surface area contributed by atoms with Crippen LogP contribution in [0.15, 0.2) is 58.3 Å². The number of carbonyl (C=O) groups is 3. The molecule has 1 aliphatic heterocycles. The summed E-state index contributed by atoms with van der Waals surface area (Å²) in [6, 6.07) is 12.7. The molecule has 1 saturated heterocycles. The van der Waals surface area contributed by atoms with E-state index in [1.165, 1.54) is 40.4 Å². The monoisotopic (exact) mass is 490 g/mol. The number of nitrogens with one attached hydrogen (secondary N) is 1. The third-order valence-corrected chi connectivity index (χ3v) is 8.16. The minimum Gasteiger partial charge on any atom is -0.340 e. The number of carbonyl (C=O) groups excluding carboxylic acids is 3. The van der Waals surface area contributed by atoms with E-state index in [0.29, 0.717) is 23.7 Å². The average Bonchev–Trinajstić information content (AvgIpc) is 2.80. The summed E-state index contributed by atoms with van der Waals surface area (Å²) in [6.45, 7) is 2.62. The summed E-state index contributed by atoms with van der Waals surface area (Å²) in [5, 5.41) is 2.61. The molecule has 0 aromatic heterocycles. The second kappa shape index (κ2) is 10.4. The lowest BCUT2D eigenvalue weighted by Crippen LogP contribution is -2.49. The van der Waals surface area contributed by atoms with Crippen molar-refractivity contribution in [2.45, 2.75) is 16.7 Å². The SMILES string of the molecule is CC(=O)N1CCN(S(=O)(=O)c2ccc(C(=O)Nc3ccccc3SC(=O)N(C)C)cc2)CC1. The summed E-state index contributed by atoms with van der Waals surface area (Å²) in [6.07, 6.45) is 0. The van der Waals surface area contributed by atoms with Gasteiger partial charge in [0.25, 0.3) is 11.1 Å². The van der Waals surface area contributed by atoms with Gasteiger partial charge in [-0.25, -0.2) is 8.42 Å². The first kappa shape index (κ1) is 24.7. The maximum absolute atomic E-state index is 12.9. The molecule has 3 rings (SSSR count). The van der Waals surface area contributed by atoms with Gasteiger partial charge in [0.05, 0.1) is 10.6 Å². The van der Waals surface area contributed by atoms with Crippen LogP contribution in [0, 0.1) is 0 Å². The van der Waals surface area contributed by atoms with Crippen molar-refractivity contribution in [3.63, 3.8) is 0 Å². The van der Waals surface area contributed by atoms with E-state index in [0.717, 1.165) is 11.8 Å². The highest BCUT2D eigenvalue weighted by molar-refractivity contribution is 8.13. The van der Waals surface area contributed by atoms with E-state index in [-0.39, 0.29) is 34.7 Å². The number of anilines is 1. The highest BCUT2D eigenvalue weighted by Crippen LogP contribution is 2.29. The van der Waals surface area contributed by atoms with Crippen LogP contribution in [-0.4, -0.2) is 79.9 Å². The Morgan fingerprint density at radius 1 is 0.939 bits per heavy atom. The van der Waals surface area contributed by atoms with E-state index in [9.17, 15) is 22.8 Å². The molecule has 2 aromatic rings. The number of amides is 3. The second-order valence-corrected chi connectivity index (χ2v) is 10.6. The fraction of sp³-hybridized carbons (Fsp3) is 0.318. The zero-order chi connectivity index (χ0) is 24.2. The van der Waals surface area contributed by atoms with Gasteiger partial charge in [0.1, 0.15) is 0 Å². The van der Waals surface area contributed by atoms with Crippen molar-refractivity contribution in [3.8, 4) is 0 Å². The number of hydrogen-bond donors (Lipinski definition) is 1. The summed E-state index contributed by atoms with van der Waals surface area (Å²) < 4.78 is 27.2. The molecule has 0 radical (unpaired) electrons. The zero-order valence-corrected chi connectivity index (χ0v) is 20.3. The molecule has 0 atom stereocenters. The average molecular weight is 491 g/mol. The highest BCUT2D eigenvalue weighted by atomic mass is 32.2. The number of sulfonamides is 1. The third kappa shape index (κ3) is 5.92. The molecule has 0 aliphatic carbocycles. The largest absolute Gasteiger partial charge is 0.340 e. The predicted octanol–water partition coefficient (Wildman–Crippen LogP) is 2.57. The van der Waals surface area contributed by atoms with Gasteiger partial charge in [0, 0.05) is 57.7 Å². The normalized spacial score (nSPS) is 14.6. The second-order valence-electron chi connectivity index (χ2n) is 7.65. The molecule has 176 valence electrons. The van der Waals surface area contributed by atoms with Crippen LogP contribution >= 0.6 is 11.8 Å². The predicted molar refractivity (Wildman–Crippen MR) is 127 cm³/mol. The highest BCUT2D eigenvalue weighted by Gasteiger charge is 2.29. The van der Waals surface area contributed by atoms with Crippen LogP contribution in [0.5, 0.6) is 0 Å². The van der Waals surface area contributed by atoms with E-state index >= 15 is 0 Å². The van der Waals surface area contributed by atoms with Crippen LogP contribution in [0.2, 0.25) is 0 Å². The van der Waals surface area contributed by atoms with Gasteiger partial charge in [-0.05, 0) is 48.2 Å². The first-order valence-electron chi connectivity index (χ1n) is 10.2. The lowest BCUT2D eigenvalue weighted by molar-refractivity contribution is -0.129. The number of para-hydroxylation sites is 1. The van der Waals surface area contributed by atoms with Crippen LogP contribution in [0.1, 0.15) is 17.3 Å². The molecule has 0 bridgehead atoms. The zero-order valence-electron chi connectivity index (χ0n) is 18.6. The van der Waals surface area contributed by atoms with E-state index in [1.807, 2.05) is 0 Å². The van der Waals surface area contributed by atoms with Crippen LogP contribution in [-0.2, 0) is 14.8 Å². The quantitative estimate of drug-likeness (QED) is 0.646. The lowest BCUT2D eigenvalue weighted by atomic mass is 10.2. The molecule has 11 heteroatoms. The summed E-state index contributed by atoms with van der Waals surface area (Å²) in [5.74, 6) is -0.493. The molecule has 33 heavy (non-hydrogen) atoms. The molecule has 1 fully saturated rings. The van der Waals surface area contributed by atoms with Gasteiger partial charge >= 0.3 is 0 Å². The van der Waals surface area contributed by atoms with E-state index in [2.05, 4.69) is 5.32 Å². The first-order valence-corrected chi connectivity index (χ1v) is 12.5. The Morgan fingerprint density at radius 3 is 2.12 bits per heavy atom. The standard InChI is InChI=1S/C22H26N4O5S2/c1-16(27)25-12-14-26(15-13-25)33(30,31)18-10-8-17(9-11-18)21(28)23-19-6-4-5-7-20(19)32-22(29)24(2)3/h4-11H,12-15H2,1-3H3,(H,23,28). The number of rotatable bonds is 5. The van der Waals surface area contributed by atoms with Crippen LogP contribution < -0.4 is 5.32 Å². The molecular weight excluding hydrogens is 464 g/mol. The molecule has 0 unspecified atom stereocenters. The Kier molecular flexibility index (Phi) is 7.77. The number of hydrogen-bond acceptors (Lipinski definition) is 6. The van der Waals surface area contributed by atoms with Crippen LogP contribution in [0.25, 0.3) is 0 Å². The van der Waals surface area contributed by atoms with E-state index < -0.39 is 15.9 Å². The van der Waals surface area contributed by atoms with Gasteiger partial charge < -0.3 is 15.1 Å². The Bertz CT molecular complexity index is 1140. The smallest absolute Gasteiger partial charge is 0.286 e. The van der Waals surface area contributed by atoms with Crippen molar-refractivity contribution in [2.24, 2.45) is 0 Å². The Hall–Kier alpha value is -2.89. The molecule has 1 heterocycles. The van der Waals surface area contributed by atoms with Gasteiger partial charge in [-0.2, -0.15) is 4.31 Å². The fourth-order valence-corrected chi connectivity index (χ4v) is 5.38. The summed E-state index contributed by atoms with van der Waals surface area (Å²) in [7, 11) is -0.426. The van der Waals surface area contributed by atoms with E-state index in [1.54, 1.807) is 43.3 Å². The Labute approximate surface area is 197 Å². The van der Waals surface area contributed by atoms with Gasteiger partial charge in [0.15, 0.2) is 0 Å². The van der Waals surface area contributed by atoms with Gasteiger partial charge in [-0.15, -0.1) is 0 Å². The number of nitrogens with zero attached hydrogens (tertiary/aromatic N) is 3. The maximum atomic E-state index is 12.9. The maximum Gasteiger partial charge on any atom is 0.286 e. The van der Waals surface area contributed by atoms with Crippen molar-refractivity contribution in [1.29, 1.82) is 0 Å². The van der Waals surface area contributed by atoms with Crippen molar-refractivity contribution in [3.05, 3.63) is 54.1 Å². The molecule has 0 spiro atoms. The van der Waals surface area contributed by atoms with Crippen molar-refractivity contribution in [1.82, 2.24) is 14.1 Å². The van der Waals surface area contributed by atoms with Gasteiger partial charge in [0.2, 0.25) is 15.9 Å². The topological polar surface area (TPSA) is 107 Å². The molecule has 1 aliphatic rings. The minimum atomic E-state index is -3.72. The third-order valence-electron chi connectivity index (χ3n) is 5.14. The van der Waals surface area contributed by atoms with Crippen LogP contribution in [0.4, 0.5) is 10.5 Å². The minimum absolute atomic E-state index is 0.0755. The van der Waals surface area contributed by atoms with Gasteiger partial charge in [-0.1, -0.05) is 12.1 Å². The van der Waals surface area contributed by atoms with Crippen LogP contribution in [0.3, 0.4) is 0 Å². The number of thioether (sulfide) groups is 1. The van der Waals surface area contributed by atoms with Crippen molar-refractivity contribution >= 4 is 44.5 Å².